The minimum absolute atomic E-state index is 0.110. The largest absolute Gasteiger partial charge is 0.494 e. The zero-order valence-corrected chi connectivity index (χ0v) is 21.2. The molecule has 2 atom stereocenters. The second-order valence-corrected chi connectivity index (χ2v) is 10.1. The molecule has 2 aliphatic rings. The molecule has 0 saturated carbocycles. The molecule has 0 aromatic heterocycles. The first kappa shape index (κ1) is 25.7. The molecule has 6 nitrogen and oxygen atoms in total. The number of likely N-dealkylation sites (tertiary alicyclic amines) is 2. The molecule has 2 aromatic carbocycles. The molecular formula is C30H36N4O2. The first-order valence-corrected chi connectivity index (χ1v) is 13.1. The summed E-state index contributed by atoms with van der Waals surface area (Å²) in [5.41, 5.74) is 1.16. The molecule has 36 heavy (non-hydrogen) atoms. The highest BCUT2D eigenvalue weighted by atomic mass is 16.5. The fourth-order valence-corrected chi connectivity index (χ4v) is 6.11. The smallest absolute Gasteiger partial charge is 0.219 e. The van der Waals surface area contributed by atoms with Gasteiger partial charge in [-0.1, -0.05) is 42.5 Å². The van der Waals surface area contributed by atoms with Crippen molar-refractivity contribution >= 4 is 11.6 Å². The average Bonchev–Trinajstić information content (AvgIpc) is 2.93. The average molecular weight is 485 g/mol. The number of rotatable bonds is 8. The molecule has 0 N–H and O–H groups in total. The molecule has 1 amide bonds. The minimum atomic E-state index is -0.567. The number of piperidine rings is 2. The van der Waals surface area contributed by atoms with Crippen LogP contribution >= 0.6 is 0 Å². The summed E-state index contributed by atoms with van der Waals surface area (Å²) >= 11 is 0. The van der Waals surface area contributed by atoms with Gasteiger partial charge in [0.15, 0.2) is 5.69 Å². The number of nitrogens with zero attached hydrogens (tertiary/aromatic N) is 4. The molecule has 2 fully saturated rings. The van der Waals surface area contributed by atoms with Gasteiger partial charge in [0, 0.05) is 26.6 Å². The van der Waals surface area contributed by atoms with Gasteiger partial charge >= 0.3 is 0 Å². The molecule has 0 aliphatic carbocycles. The molecule has 6 heteroatoms. The topological polar surface area (TPSA) is 60.9 Å². The highest BCUT2D eigenvalue weighted by molar-refractivity contribution is 5.73. The Morgan fingerprint density at radius 1 is 1.08 bits per heavy atom. The van der Waals surface area contributed by atoms with Crippen LogP contribution in [0.5, 0.6) is 5.75 Å². The van der Waals surface area contributed by atoms with E-state index in [0.29, 0.717) is 18.8 Å². The Balaban J connectivity index is 1.37. The van der Waals surface area contributed by atoms with Crippen molar-refractivity contribution in [3.8, 4) is 11.8 Å². The normalized spacial score (nSPS) is 20.6. The predicted molar refractivity (Wildman–Crippen MR) is 141 cm³/mol. The first-order valence-electron chi connectivity index (χ1n) is 13.1. The summed E-state index contributed by atoms with van der Waals surface area (Å²) in [7, 11) is 0. The summed E-state index contributed by atoms with van der Waals surface area (Å²) in [6, 6.07) is 20.4. The van der Waals surface area contributed by atoms with E-state index in [9.17, 15) is 10.1 Å². The van der Waals surface area contributed by atoms with Gasteiger partial charge in [-0.25, -0.2) is 4.85 Å². The lowest BCUT2D eigenvalue weighted by molar-refractivity contribution is -0.131. The SMILES string of the molecule is [C-]#[N+]c1ccc(OCCCN2CCC(C(C#N)(c3ccccc3)C3CCCN(C(C)=O)C3)CC2)cc1. The predicted octanol–water partition coefficient (Wildman–Crippen LogP) is 5.44. The number of nitriles is 1. The van der Waals surface area contributed by atoms with E-state index in [1.807, 2.05) is 35.2 Å². The van der Waals surface area contributed by atoms with E-state index in [-0.39, 0.29) is 17.7 Å². The van der Waals surface area contributed by atoms with Gasteiger partial charge in [0.1, 0.15) is 5.75 Å². The zero-order valence-electron chi connectivity index (χ0n) is 21.2. The Labute approximate surface area is 215 Å². The maximum atomic E-state index is 12.2. The van der Waals surface area contributed by atoms with Crippen LogP contribution in [0.4, 0.5) is 5.69 Å². The third kappa shape index (κ3) is 5.72. The van der Waals surface area contributed by atoms with Gasteiger partial charge in [-0.15, -0.1) is 0 Å². The van der Waals surface area contributed by atoms with Crippen molar-refractivity contribution in [2.24, 2.45) is 11.8 Å². The van der Waals surface area contributed by atoms with Crippen LogP contribution < -0.4 is 4.74 Å². The number of ether oxygens (including phenoxy) is 1. The second kappa shape index (κ2) is 12.1. The Morgan fingerprint density at radius 2 is 1.81 bits per heavy atom. The number of carbonyl (C=O) groups excluding carboxylic acids is 1. The standard InChI is InChI=1S/C30H36N4O2/c1-24(35)34-18-6-10-27(22-34)30(23-31,25-8-4-3-5-9-25)26-15-19-33(20-16-26)17-7-21-36-29-13-11-28(32-2)12-14-29/h3-5,8-9,11-14,26-27H,6-7,10,15-22H2,1H3. The van der Waals surface area contributed by atoms with Crippen molar-refractivity contribution in [1.82, 2.24) is 9.80 Å². The monoisotopic (exact) mass is 484 g/mol. The Morgan fingerprint density at radius 3 is 2.44 bits per heavy atom. The number of benzene rings is 2. The molecule has 2 unspecified atom stereocenters. The first-order chi connectivity index (χ1) is 17.6. The van der Waals surface area contributed by atoms with E-state index in [4.69, 9.17) is 11.3 Å². The number of hydrogen-bond acceptors (Lipinski definition) is 4. The fraction of sp³-hybridized carbons (Fsp3) is 0.500. The molecular weight excluding hydrogens is 448 g/mol. The summed E-state index contributed by atoms with van der Waals surface area (Å²) in [6.07, 6.45) is 4.85. The third-order valence-corrected chi connectivity index (χ3v) is 8.03. The van der Waals surface area contributed by atoms with E-state index in [1.165, 1.54) is 0 Å². The quantitative estimate of drug-likeness (QED) is 0.370. The van der Waals surface area contributed by atoms with Gasteiger partial charge in [-0.05, 0) is 74.7 Å². The number of carbonyl (C=O) groups is 1. The van der Waals surface area contributed by atoms with Crippen molar-refractivity contribution in [3.63, 3.8) is 0 Å². The Bertz CT molecular complexity index is 1080. The lowest BCUT2D eigenvalue weighted by Gasteiger charge is -2.48. The van der Waals surface area contributed by atoms with Crippen molar-refractivity contribution in [1.29, 1.82) is 5.26 Å². The van der Waals surface area contributed by atoms with E-state index in [2.05, 4.69) is 27.9 Å². The Hall–Kier alpha value is -3.35. The van der Waals surface area contributed by atoms with Crippen LogP contribution in [-0.2, 0) is 10.2 Å². The van der Waals surface area contributed by atoms with Crippen LogP contribution in [0.25, 0.3) is 4.85 Å². The van der Waals surface area contributed by atoms with Crippen LogP contribution in [0.3, 0.4) is 0 Å². The maximum Gasteiger partial charge on any atom is 0.219 e. The molecule has 2 aromatic rings. The van der Waals surface area contributed by atoms with Gasteiger partial charge in [-0.3, -0.25) is 4.79 Å². The van der Waals surface area contributed by atoms with E-state index >= 15 is 0 Å². The van der Waals surface area contributed by atoms with Crippen molar-refractivity contribution in [2.45, 2.75) is 44.4 Å². The highest BCUT2D eigenvalue weighted by Crippen LogP contribution is 2.47. The second-order valence-electron chi connectivity index (χ2n) is 10.1. The van der Waals surface area contributed by atoms with Crippen LogP contribution in [-0.4, -0.2) is 55.0 Å². The fourth-order valence-electron chi connectivity index (χ4n) is 6.11. The number of amides is 1. The Kier molecular flexibility index (Phi) is 8.62. The van der Waals surface area contributed by atoms with Gasteiger partial charge < -0.3 is 14.5 Å². The van der Waals surface area contributed by atoms with Crippen molar-refractivity contribution in [2.75, 3.05) is 39.3 Å². The van der Waals surface area contributed by atoms with Gasteiger partial charge in [-0.2, -0.15) is 5.26 Å². The zero-order chi connectivity index (χ0) is 25.4. The van der Waals surface area contributed by atoms with Crippen molar-refractivity contribution in [3.05, 3.63) is 71.6 Å². The summed E-state index contributed by atoms with van der Waals surface area (Å²) < 4.78 is 5.85. The molecule has 0 spiro atoms. The third-order valence-electron chi connectivity index (χ3n) is 8.03. The molecule has 188 valence electrons. The summed E-state index contributed by atoms with van der Waals surface area (Å²) in [6.45, 7) is 13.7. The van der Waals surface area contributed by atoms with Gasteiger partial charge in [0.05, 0.1) is 24.7 Å². The van der Waals surface area contributed by atoms with Gasteiger partial charge in [0.2, 0.25) is 5.91 Å². The van der Waals surface area contributed by atoms with E-state index < -0.39 is 5.41 Å². The lowest BCUT2D eigenvalue weighted by atomic mass is 9.59. The van der Waals surface area contributed by atoms with Crippen LogP contribution in [0, 0.1) is 29.7 Å². The number of hydrogen-bond donors (Lipinski definition) is 0. The molecule has 4 rings (SSSR count). The minimum Gasteiger partial charge on any atom is -0.494 e. The van der Waals surface area contributed by atoms with Crippen molar-refractivity contribution < 1.29 is 9.53 Å². The molecule has 2 saturated heterocycles. The molecule has 0 bridgehead atoms. The molecule has 2 heterocycles. The van der Waals surface area contributed by atoms with Gasteiger partial charge in [0.25, 0.3) is 0 Å². The molecule has 0 radical (unpaired) electrons. The highest BCUT2D eigenvalue weighted by Gasteiger charge is 2.49. The summed E-state index contributed by atoms with van der Waals surface area (Å²) in [5.74, 6) is 1.34. The maximum absolute atomic E-state index is 12.2. The van der Waals surface area contributed by atoms with Crippen LogP contribution in [0.2, 0.25) is 0 Å². The lowest BCUT2D eigenvalue weighted by Crippen LogP contribution is -2.52. The van der Waals surface area contributed by atoms with E-state index in [0.717, 1.165) is 69.6 Å². The van der Waals surface area contributed by atoms with Crippen LogP contribution in [0.1, 0.15) is 44.6 Å². The summed E-state index contributed by atoms with van der Waals surface area (Å²) in [4.78, 5) is 20.0. The van der Waals surface area contributed by atoms with E-state index in [1.54, 1.807) is 19.1 Å². The van der Waals surface area contributed by atoms with Crippen LogP contribution in [0.15, 0.2) is 54.6 Å². The molecule has 2 aliphatic heterocycles. The summed E-state index contributed by atoms with van der Waals surface area (Å²) in [5, 5.41) is 10.7.